The van der Waals surface area contributed by atoms with Gasteiger partial charge < -0.3 is 20.8 Å². The lowest BCUT2D eigenvalue weighted by atomic mass is 10.1. The highest BCUT2D eigenvalue weighted by atomic mass is 32.1. The van der Waals surface area contributed by atoms with E-state index in [1.807, 2.05) is 25.1 Å². The predicted octanol–water partition coefficient (Wildman–Crippen LogP) is 1.22. The number of nitrogen functional groups attached to an aromatic ring is 1. The van der Waals surface area contributed by atoms with Gasteiger partial charge in [-0.3, -0.25) is 4.79 Å². The first-order valence-corrected chi connectivity index (χ1v) is 7.19. The summed E-state index contributed by atoms with van der Waals surface area (Å²) in [4.78, 5) is 14.3. The molecule has 0 aliphatic heterocycles. The third kappa shape index (κ3) is 2.77. The number of carbonyl (C=O) groups is 1. The minimum atomic E-state index is -0.246. The molecule has 1 aromatic carbocycles. The number of hydrogen-bond acceptors (Lipinski definition) is 5. The highest BCUT2D eigenvalue weighted by Gasteiger charge is 2.21. The van der Waals surface area contributed by atoms with Crippen molar-refractivity contribution >= 4 is 33.0 Å². The molecule has 0 fully saturated rings. The van der Waals surface area contributed by atoms with Gasteiger partial charge in [-0.1, -0.05) is 12.1 Å². The summed E-state index contributed by atoms with van der Waals surface area (Å²) >= 11 is 1.35. The number of hydrogen-bond donors (Lipinski definition) is 3. The second kappa shape index (κ2) is 6.21. The monoisotopic (exact) mass is 294 g/mol. The van der Waals surface area contributed by atoms with Crippen molar-refractivity contribution in [2.45, 2.75) is 6.92 Å². The number of anilines is 1. The van der Waals surface area contributed by atoms with Gasteiger partial charge in [-0.25, -0.2) is 0 Å². The van der Waals surface area contributed by atoms with E-state index in [0.29, 0.717) is 10.6 Å². The minimum absolute atomic E-state index is 0.143. The lowest BCUT2D eigenvalue weighted by Gasteiger charge is -2.20. The molecule has 2 rings (SSSR count). The molecule has 0 radical (unpaired) electrons. The lowest BCUT2D eigenvalue weighted by molar-refractivity contribution is 0.0690. The molecular formula is C14H18N2O3S. The maximum atomic E-state index is 12.4. The molecule has 0 saturated carbocycles. The van der Waals surface area contributed by atoms with Gasteiger partial charge in [0.25, 0.3) is 5.91 Å². The molecular weight excluding hydrogens is 276 g/mol. The van der Waals surface area contributed by atoms with Gasteiger partial charge in [0, 0.05) is 23.2 Å². The second-order valence-corrected chi connectivity index (χ2v) is 5.64. The maximum absolute atomic E-state index is 12.4. The van der Waals surface area contributed by atoms with E-state index in [2.05, 4.69) is 0 Å². The third-order valence-corrected chi connectivity index (χ3v) is 4.26. The molecule has 0 aliphatic rings. The van der Waals surface area contributed by atoms with Crippen molar-refractivity contribution in [3.8, 4) is 0 Å². The van der Waals surface area contributed by atoms with Crippen LogP contribution >= 0.6 is 11.3 Å². The molecule has 2 aromatic rings. The van der Waals surface area contributed by atoms with Crippen LogP contribution in [0.2, 0.25) is 0 Å². The Morgan fingerprint density at radius 1 is 1.30 bits per heavy atom. The zero-order chi connectivity index (χ0) is 14.7. The number of benzene rings is 1. The summed E-state index contributed by atoms with van der Waals surface area (Å²) in [5.74, 6) is -0.246. The molecule has 0 atom stereocenters. The first-order chi connectivity index (χ1) is 9.58. The van der Waals surface area contributed by atoms with Gasteiger partial charge in [0.1, 0.15) is 4.88 Å². The van der Waals surface area contributed by atoms with Gasteiger partial charge in [0.2, 0.25) is 0 Å². The van der Waals surface area contributed by atoms with Crippen LogP contribution in [0.1, 0.15) is 15.2 Å². The number of amides is 1. The Labute approximate surface area is 121 Å². The average molecular weight is 294 g/mol. The molecule has 0 spiro atoms. The second-order valence-electron chi connectivity index (χ2n) is 4.58. The number of aryl methyl sites for hydroxylation is 1. The first-order valence-electron chi connectivity index (χ1n) is 6.38. The topological polar surface area (TPSA) is 86.8 Å². The van der Waals surface area contributed by atoms with Gasteiger partial charge in [0.15, 0.2) is 0 Å². The fourth-order valence-corrected chi connectivity index (χ4v) is 3.27. The zero-order valence-electron chi connectivity index (χ0n) is 11.3. The number of carbonyl (C=O) groups excluding carboxylic acids is 1. The molecule has 1 aromatic heterocycles. The Bertz CT molecular complexity index is 618. The van der Waals surface area contributed by atoms with E-state index in [1.165, 1.54) is 16.2 Å². The van der Waals surface area contributed by atoms with E-state index in [9.17, 15) is 4.79 Å². The van der Waals surface area contributed by atoms with Crippen molar-refractivity contribution in [1.82, 2.24) is 4.90 Å². The molecule has 20 heavy (non-hydrogen) atoms. The SMILES string of the molecule is Cc1ccc2c(N)c(C(=O)N(CCO)CCO)sc2c1. The summed E-state index contributed by atoms with van der Waals surface area (Å²) in [7, 11) is 0. The standard InChI is InChI=1S/C14H18N2O3S/c1-9-2-3-10-11(8-9)20-13(12(10)15)14(19)16(4-6-17)5-7-18/h2-3,8,17-18H,4-7,15H2,1H3. The normalized spacial score (nSPS) is 10.9. The Morgan fingerprint density at radius 3 is 2.55 bits per heavy atom. The van der Waals surface area contributed by atoms with E-state index in [4.69, 9.17) is 15.9 Å². The number of nitrogens with zero attached hydrogens (tertiary/aromatic N) is 1. The highest BCUT2D eigenvalue weighted by Crippen LogP contribution is 2.34. The number of rotatable bonds is 5. The highest BCUT2D eigenvalue weighted by molar-refractivity contribution is 7.21. The number of fused-ring (bicyclic) bond motifs is 1. The number of nitrogens with two attached hydrogens (primary N) is 1. The van der Waals surface area contributed by atoms with E-state index in [0.717, 1.165) is 15.6 Å². The number of aliphatic hydroxyl groups excluding tert-OH is 2. The molecule has 108 valence electrons. The van der Waals surface area contributed by atoms with Crippen LogP contribution in [-0.4, -0.2) is 47.3 Å². The maximum Gasteiger partial charge on any atom is 0.266 e. The van der Waals surface area contributed by atoms with Gasteiger partial charge in [-0.05, 0) is 18.6 Å². The van der Waals surface area contributed by atoms with Crippen molar-refractivity contribution in [2.24, 2.45) is 0 Å². The van der Waals surface area contributed by atoms with Crippen molar-refractivity contribution in [3.63, 3.8) is 0 Å². The molecule has 0 bridgehead atoms. The van der Waals surface area contributed by atoms with E-state index in [-0.39, 0.29) is 32.2 Å². The molecule has 0 aliphatic carbocycles. The molecule has 1 heterocycles. The van der Waals surface area contributed by atoms with Crippen LogP contribution in [0.25, 0.3) is 10.1 Å². The molecule has 6 heteroatoms. The van der Waals surface area contributed by atoms with Crippen LogP contribution < -0.4 is 5.73 Å². The van der Waals surface area contributed by atoms with E-state index in [1.54, 1.807) is 0 Å². The Balaban J connectivity index is 2.40. The fourth-order valence-electron chi connectivity index (χ4n) is 2.08. The van der Waals surface area contributed by atoms with E-state index < -0.39 is 0 Å². The van der Waals surface area contributed by atoms with Crippen molar-refractivity contribution in [1.29, 1.82) is 0 Å². The fraction of sp³-hybridized carbons (Fsp3) is 0.357. The molecule has 0 unspecified atom stereocenters. The van der Waals surface area contributed by atoms with Crippen molar-refractivity contribution in [3.05, 3.63) is 28.6 Å². The quantitative estimate of drug-likeness (QED) is 0.774. The van der Waals surface area contributed by atoms with Crippen LogP contribution in [0.3, 0.4) is 0 Å². The first kappa shape index (κ1) is 14.8. The average Bonchev–Trinajstić information content (AvgIpc) is 2.74. The Morgan fingerprint density at radius 2 is 1.95 bits per heavy atom. The third-order valence-electron chi connectivity index (χ3n) is 3.11. The summed E-state index contributed by atoms with van der Waals surface area (Å²) in [6.07, 6.45) is 0. The van der Waals surface area contributed by atoms with Gasteiger partial charge in [-0.2, -0.15) is 0 Å². The van der Waals surface area contributed by atoms with Crippen LogP contribution in [0, 0.1) is 6.92 Å². The molecule has 5 nitrogen and oxygen atoms in total. The van der Waals surface area contributed by atoms with E-state index >= 15 is 0 Å². The molecule has 0 saturated heterocycles. The van der Waals surface area contributed by atoms with Gasteiger partial charge >= 0.3 is 0 Å². The Hall–Kier alpha value is -1.63. The summed E-state index contributed by atoms with van der Waals surface area (Å²) in [6.45, 7) is 2.07. The zero-order valence-corrected chi connectivity index (χ0v) is 12.1. The largest absolute Gasteiger partial charge is 0.397 e. The predicted molar refractivity (Wildman–Crippen MR) is 81.0 cm³/mol. The van der Waals surface area contributed by atoms with Crippen LogP contribution in [0.4, 0.5) is 5.69 Å². The lowest BCUT2D eigenvalue weighted by Crippen LogP contribution is -2.35. The Kier molecular flexibility index (Phi) is 4.59. The van der Waals surface area contributed by atoms with Crippen molar-refractivity contribution < 1.29 is 15.0 Å². The summed E-state index contributed by atoms with van der Waals surface area (Å²) in [5.41, 5.74) is 7.64. The van der Waals surface area contributed by atoms with Gasteiger partial charge in [-0.15, -0.1) is 11.3 Å². The summed E-state index contributed by atoms with van der Waals surface area (Å²) in [5, 5.41) is 18.9. The molecule has 1 amide bonds. The van der Waals surface area contributed by atoms with Crippen LogP contribution in [0.15, 0.2) is 18.2 Å². The van der Waals surface area contributed by atoms with Crippen molar-refractivity contribution in [2.75, 3.05) is 32.0 Å². The van der Waals surface area contributed by atoms with Crippen LogP contribution in [-0.2, 0) is 0 Å². The van der Waals surface area contributed by atoms with Crippen LogP contribution in [0.5, 0.6) is 0 Å². The molecule has 4 N–H and O–H groups in total. The number of thiophene rings is 1. The van der Waals surface area contributed by atoms with Gasteiger partial charge in [0.05, 0.1) is 18.9 Å². The summed E-state index contributed by atoms with van der Waals surface area (Å²) < 4.78 is 0.971. The number of aliphatic hydroxyl groups is 2. The smallest absolute Gasteiger partial charge is 0.266 e. The minimum Gasteiger partial charge on any atom is -0.397 e. The summed E-state index contributed by atoms with van der Waals surface area (Å²) in [6, 6.07) is 5.87.